The largest absolute Gasteiger partial charge is 0.282 e. The lowest BCUT2D eigenvalue weighted by Gasteiger charge is -2.06. The first-order valence-electron chi connectivity index (χ1n) is 2.29. The van der Waals surface area contributed by atoms with Gasteiger partial charge < -0.3 is 0 Å². The zero-order valence-corrected chi connectivity index (χ0v) is 3.68. The summed E-state index contributed by atoms with van der Waals surface area (Å²) in [7, 11) is 0. The van der Waals surface area contributed by atoms with E-state index in [4.69, 9.17) is 4.84 Å². The van der Waals surface area contributed by atoms with Gasteiger partial charge >= 0.3 is 0 Å². The second kappa shape index (κ2) is 2.16. The van der Waals surface area contributed by atoms with E-state index in [1.807, 2.05) is 0 Å². The molecule has 1 saturated heterocycles. The van der Waals surface area contributed by atoms with E-state index in [1.54, 1.807) is 0 Å². The molecule has 1 radical (unpaired) electrons. The van der Waals surface area contributed by atoms with Gasteiger partial charge in [-0.15, -0.1) is 0 Å². The van der Waals surface area contributed by atoms with Crippen LogP contribution in [0.3, 0.4) is 0 Å². The van der Waals surface area contributed by atoms with Crippen molar-refractivity contribution < 1.29 is 4.84 Å². The molecule has 0 N–H and O–H groups in total. The Bertz CT molecular complexity index is 23.0. The Morgan fingerprint density at radius 1 is 1.33 bits per heavy atom. The third kappa shape index (κ3) is 0.954. The van der Waals surface area contributed by atoms with Crippen molar-refractivity contribution >= 4 is 0 Å². The smallest absolute Gasteiger partial charge is 0.0703 e. The zero-order valence-electron chi connectivity index (χ0n) is 3.68. The molecule has 0 aromatic rings. The number of rotatable bonds is 0. The molecule has 0 aliphatic carbocycles. The molecule has 1 rings (SSSR count). The Kier molecular flexibility index (Phi) is 1.47. The maximum atomic E-state index is 4.69. The van der Waals surface area contributed by atoms with Crippen molar-refractivity contribution in [3.63, 3.8) is 0 Å². The van der Waals surface area contributed by atoms with Gasteiger partial charge in [-0.1, -0.05) is 5.48 Å². The summed E-state index contributed by atoms with van der Waals surface area (Å²) < 4.78 is 0. The van der Waals surface area contributed by atoms with Crippen molar-refractivity contribution in [1.82, 2.24) is 5.48 Å². The molecule has 2 heteroatoms. The summed E-state index contributed by atoms with van der Waals surface area (Å²) in [6.45, 7) is 1.74. The van der Waals surface area contributed by atoms with E-state index in [9.17, 15) is 0 Å². The first-order valence-corrected chi connectivity index (χ1v) is 2.29. The monoisotopic (exact) mass is 86.1 g/mol. The van der Waals surface area contributed by atoms with Crippen molar-refractivity contribution in [2.45, 2.75) is 12.8 Å². The number of hydrogen-bond donors (Lipinski definition) is 0. The number of hydrogen-bond acceptors (Lipinski definition) is 1. The van der Waals surface area contributed by atoms with Gasteiger partial charge in [0.15, 0.2) is 0 Å². The Morgan fingerprint density at radius 3 is 2.50 bits per heavy atom. The summed E-state index contributed by atoms with van der Waals surface area (Å²) in [4.78, 5) is 4.69. The van der Waals surface area contributed by atoms with Crippen LogP contribution >= 0.6 is 0 Å². The Balaban J connectivity index is 2.00. The zero-order chi connectivity index (χ0) is 4.24. The van der Waals surface area contributed by atoms with Gasteiger partial charge in [0.2, 0.25) is 0 Å². The van der Waals surface area contributed by atoms with Crippen LogP contribution in [0.25, 0.3) is 0 Å². The Labute approximate surface area is 37.4 Å². The summed E-state index contributed by atoms with van der Waals surface area (Å²) in [5.41, 5.74) is 3.68. The van der Waals surface area contributed by atoms with E-state index < -0.39 is 0 Å². The SMILES string of the molecule is C1CCO[N]C1. The third-order valence-electron chi connectivity index (χ3n) is 0.826. The van der Waals surface area contributed by atoms with Crippen LogP contribution in [0.4, 0.5) is 0 Å². The summed E-state index contributed by atoms with van der Waals surface area (Å²) in [6.07, 6.45) is 2.39. The molecular weight excluding hydrogens is 78.0 g/mol. The molecule has 2 nitrogen and oxygen atoms in total. The summed E-state index contributed by atoms with van der Waals surface area (Å²) in [5, 5.41) is 0. The fourth-order valence-corrected chi connectivity index (χ4v) is 0.472. The van der Waals surface area contributed by atoms with Gasteiger partial charge in [0, 0.05) is 6.54 Å². The highest BCUT2D eigenvalue weighted by molar-refractivity contribution is 4.42. The summed E-state index contributed by atoms with van der Waals surface area (Å²) in [5.74, 6) is 0. The first-order chi connectivity index (χ1) is 3.00. The molecule has 0 atom stereocenters. The highest BCUT2D eigenvalue weighted by atomic mass is 16.6. The number of nitrogens with zero attached hydrogens (tertiary/aromatic N) is 1. The van der Waals surface area contributed by atoms with Crippen molar-refractivity contribution in [2.24, 2.45) is 0 Å². The second-order valence-electron chi connectivity index (χ2n) is 1.39. The molecule has 0 spiro atoms. The highest BCUT2D eigenvalue weighted by Crippen LogP contribution is 1.93. The molecule has 0 aromatic carbocycles. The van der Waals surface area contributed by atoms with Crippen LogP contribution in [-0.2, 0) is 4.84 Å². The summed E-state index contributed by atoms with van der Waals surface area (Å²) >= 11 is 0. The van der Waals surface area contributed by atoms with Gasteiger partial charge in [0.1, 0.15) is 0 Å². The average Bonchev–Trinajstić information content (AvgIpc) is 1.72. The minimum atomic E-state index is 0.833. The van der Waals surface area contributed by atoms with Crippen molar-refractivity contribution in [1.29, 1.82) is 0 Å². The van der Waals surface area contributed by atoms with Crippen LogP contribution in [0.1, 0.15) is 12.8 Å². The van der Waals surface area contributed by atoms with Crippen LogP contribution in [0.15, 0.2) is 0 Å². The average molecular weight is 86.1 g/mol. The van der Waals surface area contributed by atoms with Crippen molar-refractivity contribution in [3.05, 3.63) is 0 Å². The molecule has 0 saturated carbocycles. The molecule has 35 valence electrons. The van der Waals surface area contributed by atoms with E-state index in [1.165, 1.54) is 12.8 Å². The van der Waals surface area contributed by atoms with Crippen LogP contribution in [0, 0.1) is 0 Å². The maximum Gasteiger partial charge on any atom is 0.0703 e. The van der Waals surface area contributed by atoms with E-state index in [2.05, 4.69) is 5.48 Å². The van der Waals surface area contributed by atoms with Crippen LogP contribution in [-0.4, -0.2) is 13.2 Å². The third-order valence-corrected chi connectivity index (χ3v) is 0.826. The van der Waals surface area contributed by atoms with Gasteiger partial charge in [-0.25, -0.2) is 0 Å². The fraction of sp³-hybridized carbons (Fsp3) is 1.00. The molecule has 0 aromatic heterocycles. The lowest BCUT2D eigenvalue weighted by molar-refractivity contribution is 0.00480. The lowest BCUT2D eigenvalue weighted by atomic mass is 10.3. The predicted octanol–water partition coefficient (Wildman–Crippen LogP) is 0.316. The van der Waals surface area contributed by atoms with Crippen LogP contribution in [0.5, 0.6) is 0 Å². The van der Waals surface area contributed by atoms with Gasteiger partial charge in [-0.2, -0.15) is 0 Å². The molecule has 0 amide bonds. The Hall–Kier alpha value is -0.0800. The maximum absolute atomic E-state index is 4.69. The van der Waals surface area contributed by atoms with Crippen molar-refractivity contribution in [3.8, 4) is 0 Å². The topological polar surface area (TPSA) is 23.3 Å². The minimum Gasteiger partial charge on any atom is -0.282 e. The lowest BCUT2D eigenvalue weighted by Crippen LogP contribution is -2.15. The summed E-state index contributed by atoms with van der Waals surface area (Å²) in [6, 6.07) is 0. The highest BCUT2D eigenvalue weighted by Gasteiger charge is 1.96. The predicted molar refractivity (Wildman–Crippen MR) is 22.2 cm³/mol. The molecule has 1 aliphatic heterocycles. The van der Waals surface area contributed by atoms with Crippen LogP contribution in [0.2, 0.25) is 0 Å². The van der Waals surface area contributed by atoms with Gasteiger partial charge in [0.05, 0.1) is 6.61 Å². The standard InChI is InChI=1S/C4H8NO/c1-2-4-6-5-3-1/h1-4H2. The van der Waals surface area contributed by atoms with E-state index in [-0.39, 0.29) is 0 Å². The van der Waals surface area contributed by atoms with Gasteiger partial charge in [0.25, 0.3) is 0 Å². The van der Waals surface area contributed by atoms with Gasteiger partial charge in [-0.05, 0) is 12.8 Å². The normalized spacial score (nSPS) is 24.0. The molecule has 1 heterocycles. The first kappa shape index (κ1) is 4.09. The van der Waals surface area contributed by atoms with E-state index in [0.717, 1.165) is 13.2 Å². The minimum absolute atomic E-state index is 0.833. The quantitative estimate of drug-likeness (QED) is 0.416. The Morgan fingerprint density at radius 2 is 2.33 bits per heavy atom. The fourth-order valence-electron chi connectivity index (χ4n) is 0.472. The van der Waals surface area contributed by atoms with E-state index in [0.29, 0.717) is 0 Å². The molecule has 0 unspecified atom stereocenters. The van der Waals surface area contributed by atoms with Crippen molar-refractivity contribution in [2.75, 3.05) is 13.2 Å². The number of hydroxylamine groups is 1. The molecule has 6 heavy (non-hydrogen) atoms. The molecule has 0 bridgehead atoms. The molecule has 1 aliphatic rings. The van der Waals surface area contributed by atoms with Gasteiger partial charge in [-0.3, -0.25) is 4.84 Å². The van der Waals surface area contributed by atoms with Crippen LogP contribution < -0.4 is 5.48 Å². The van der Waals surface area contributed by atoms with E-state index >= 15 is 0 Å². The second-order valence-corrected chi connectivity index (χ2v) is 1.39. The molecule has 1 fully saturated rings. The molecular formula is C4H8NO.